The van der Waals surface area contributed by atoms with Crippen molar-refractivity contribution in [3.8, 4) is 11.8 Å². The van der Waals surface area contributed by atoms with Gasteiger partial charge >= 0.3 is 12.3 Å². The summed E-state index contributed by atoms with van der Waals surface area (Å²) in [6, 6.07) is 3.81. The number of halogens is 3. The summed E-state index contributed by atoms with van der Waals surface area (Å²) in [7, 11) is 0. The van der Waals surface area contributed by atoms with E-state index in [1.54, 1.807) is 6.92 Å². The predicted molar refractivity (Wildman–Crippen MR) is 71.4 cm³/mol. The van der Waals surface area contributed by atoms with Gasteiger partial charge in [0.2, 0.25) is 0 Å². The zero-order valence-corrected chi connectivity index (χ0v) is 11.2. The number of nitrogen functional groups attached to an aromatic ring is 1. The molecule has 0 spiro atoms. The van der Waals surface area contributed by atoms with E-state index in [-0.39, 0.29) is 23.4 Å². The molecule has 7 heteroatoms. The van der Waals surface area contributed by atoms with Crippen LogP contribution in [0.2, 0.25) is 0 Å². The lowest BCUT2D eigenvalue weighted by molar-refractivity contribution is -0.239. The summed E-state index contributed by atoms with van der Waals surface area (Å²) in [6.45, 7) is 1.79. The highest BCUT2D eigenvalue weighted by Crippen LogP contribution is 2.47. The quantitative estimate of drug-likeness (QED) is 0.617. The largest absolute Gasteiger partial charge is 0.445 e. The number of unbranched alkanes of at least 4 members (excludes halogenated alkanes) is 1. The molecule has 0 aliphatic carbocycles. The molecule has 2 rings (SSSR count). The van der Waals surface area contributed by atoms with Crippen LogP contribution in [0.15, 0.2) is 18.2 Å². The van der Waals surface area contributed by atoms with E-state index in [1.807, 2.05) is 0 Å². The molecule has 1 aromatic carbocycles. The fourth-order valence-electron chi connectivity index (χ4n) is 1.98. The van der Waals surface area contributed by atoms with Crippen molar-refractivity contribution in [2.24, 2.45) is 0 Å². The molecule has 0 radical (unpaired) electrons. The van der Waals surface area contributed by atoms with Gasteiger partial charge in [-0.15, -0.1) is 0 Å². The molecule has 0 bridgehead atoms. The number of hydrogen-bond donors (Lipinski definition) is 2. The van der Waals surface area contributed by atoms with Crippen LogP contribution in [0.25, 0.3) is 0 Å². The summed E-state index contributed by atoms with van der Waals surface area (Å²) in [4.78, 5) is 11.5. The smallest absolute Gasteiger partial charge is 0.415 e. The van der Waals surface area contributed by atoms with Crippen LogP contribution < -0.4 is 11.1 Å². The van der Waals surface area contributed by atoms with E-state index in [9.17, 15) is 18.0 Å². The van der Waals surface area contributed by atoms with E-state index < -0.39 is 17.9 Å². The van der Waals surface area contributed by atoms with Crippen LogP contribution >= 0.6 is 0 Å². The molecule has 21 heavy (non-hydrogen) atoms. The number of cyclic esters (lactones) is 1. The predicted octanol–water partition coefficient (Wildman–Crippen LogP) is 3.39. The molecule has 1 amide bonds. The van der Waals surface area contributed by atoms with E-state index in [2.05, 4.69) is 21.9 Å². The third-order valence-electron chi connectivity index (χ3n) is 2.94. The number of fused-ring (bicyclic) bond motifs is 1. The standard InChI is InChI=1S/C14H13F3N2O2/c1-2-3-4-7-13(14(15,16)17)10-8-9(18)5-6-11(10)19-12(20)21-13/h5-6,8H,2-3,18H2,1H3,(H,19,20)/t13-/m0/s1. The van der Waals surface area contributed by atoms with Gasteiger partial charge in [0.25, 0.3) is 5.60 Å². The highest BCUT2D eigenvalue weighted by atomic mass is 19.4. The number of carbonyl (C=O) groups is 1. The van der Waals surface area contributed by atoms with Gasteiger partial charge in [0.05, 0.1) is 5.69 Å². The first kappa shape index (κ1) is 15.0. The summed E-state index contributed by atoms with van der Waals surface area (Å²) in [5.74, 6) is 4.49. The lowest BCUT2D eigenvalue weighted by Crippen LogP contribution is -2.49. The molecule has 112 valence electrons. The Morgan fingerprint density at radius 1 is 1.43 bits per heavy atom. The average molecular weight is 298 g/mol. The van der Waals surface area contributed by atoms with Crippen LogP contribution in [0.5, 0.6) is 0 Å². The summed E-state index contributed by atoms with van der Waals surface area (Å²) >= 11 is 0. The number of rotatable bonds is 1. The Morgan fingerprint density at radius 3 is 2.76 bits per heavy atom. The van der Waals surface area contributed by atoms with Gasteiger partial charge in [-0.1, -0.05) is 12.8 Å². The Morgan fingerprint density at radius 2 is 2.14 bits per heavy atom. The molecule has 0 fully saturated rings. The van der Waals surface area contributed by atoms with Crippen LogP contribution in [-0.2, 0) is 10.3 Å². The van der Waals surface area contributed by atoms with E-state index in [4.69, 9.17) is 5.73 Å². The minimum absolute atomic E-state index is 0.0106. The molecule has 1 heterocycles. The van der Waals surface area contributed by atoms with E-state index in [0.717, 1.165) is 6.07 Å². The Hall–Kier alpha value is -2.36. The van der Waals surface area contributed by atoms with Crippen LogP contribution in [0.1, 0.15) is 25.3 Å². The summed E-state index contributed by atoms with van der Waals surface area (Å²) in [6.07, 6.45) is -5.22. The van der Waals surface area contributed by atoms with Gasteiger partial charge in [-0.2, -0.15) is 13.2 Å². The Kier molecular flexibility index (Phi) is 3.73. The van der Waals surface area contributed by atoms with Gasteiger partial charge in [-0.3, -0.25) is 5.32 Å². The zero-order chi connectivity index (χ0) is 15.7. The van der Waals surface area contributed by atoms with E-state index in [0.29, 0.717) is 6.42 Å². The molecule has 0 aromatic heterocycles. The van der Waals surface area contributed by atoms with Crippen molar-refractivity contribution in [2.75, 3.05) is 11.1 Å². The van der Waals surface area contributed by atoms with Crippen molar-refractivity contribution in [3.63, 3.8) is 0 Å². The normalized spacial score (nSPS) is 20.7. The molecule has 0 saturated heterocycles. The maximum atomic E-state index is 13.6. The van der Waals surface area contributed by atoms with Gasteiger partial charge in [0.15, 0.2) is 0 Å². The number of carbonyl (C=O) groups excluding carboxylic acids is 1. The molecular formula is C14H13F3N2O2. The molecular weight excluding hydrogens is 285 g/mol. The van der Waals surface area contributed by atoms with Gasteiger partial charge in [-0.05, 0) is 30.5 Å². The van der Waals surface area contributed by atoms with Gasteiger partial charge in [-0.25, -0.2) is 4.79 Å². The van der Waals surface area contributed by atoms with Crippen LogP contribution in [-0.4, -0.2) is 12.3 Å². The van der Waals surface area contributed by atoms with Crippen molar-refractivity contribution >= 4 is 17.5 Å². The molecule has 4 nitrogen and oxygen atoms in total. The number of benzene rings is 1. The molecule has 3 N–H and O–H groups in total. The number of amides is 1. The summed E-state index contributed by atoms with van der Waals surface area (Å²) in [5, 5.41) is 2.22. The second kappa shape index (κ2) is 5.20. The Labute approximate surface area is 119 Å². The minimum Gasteiger partial charge on any atom is -0.415 e. The molecule has 1 atom stereocenters. The topological polar surface area (TPSA) is 64.3 Å². The highest BCUT2D eigenvalue weighted by molar-refractivity contribution is 5.90. The van der Waals surface area contributed by atoms with Crippen molar-refractivity contribution in [2.45, 2.75) is 31.5 Å². The maximum Gasteiger partial charge on any atom is 0.445 e. The second-order valence-electron chi connectivity index (χ2n) is 4.55. The lowest BCUT2D eigenvalue weighted by atomic mass is 9.90. The van der Waals surface area contributed by atoms with Crippen LogP contribution in [0.3, 0.4) is 0 Å². The Bertz CT molecular complexity index is 631. The molecule has 0 saturated carbocycles. The summed E-state index contributed by atoms with van der Waals surface area (Å²) in [5.41, 5.74) is 2.37. The SMILES string of the molecule is CCCC#C[C@]1(C(F)(F)F)OC(=O)Nc2ccc(N)cc21. The van der Waals surface area contributed by atoms with Gasteiger partial charge in [0, 0.05) is 17.7 Å². The van der Waals surface area contributed by atoms with Crippen molar-refractivity contribution in [3.05, 3.63) is 23.8 Å². The number of hydrogen-bond acceptors (Lipinski definition) is 3. The van der Waals surface area contributed by atoms with Gasteiger partial charge < -0.3 is 10.5 Å². The third kappa shape index (κ3) is 2.61. The Balaban J connectivity index is 2.68. The highest BCUT2D eigenvalue weighted by Gasteiger charge is 2.61. The fraction of sp³-hybridized carbons (Fsp3) is 0.357. The molecule has 1 aliphatic rings. The van der Waals surface area contributed by atoms with Crippen molar-refractivity contribution in [1.29, 1.82) is 0 Å². The van der Waals surface area contributed by atoms with Crippen LogP contribution in [0.4, 0.5) is 29.3 Å². The third-order valence-corrected chi connectivity index (χ3v) is 2.94. The van der Waals surface area contributed by atoms with Gasteiger partial charge in [0.1, 0.15) is 0 Å². The minimum atomic E-state index is -4.88. The average Bonchev–Trinajstić information content (AvgIpc) is 2.38. The van der Waals surface area contributed by atoms with Crippen molar-refractivity contribution < 1.29 is 22.7 Å². The fourth-order valence-corrected chi connectivity index (χ4v) is 1.98. The molecule has 1 aromatic rings. The lowest BCUT2D eigenvalue weighted by Gasteiger charge is -2.35. The molecule has 1 aliphatic heterocycles. The first-order chi connectivity index (χ1) is 9.80. The number of ether oxygens (including phenoxy) is 1. The molecule has 0 unspecified atom stereocenters. The van der Waals surface area contributed by atoms with E-state index >= 15 is 0 Å². The van der Waals surface area contributed by atoms with Crippen molar-refractivity contribution in [1.82, 2.24) is 0 Å². The number of nitrogens with one attached hydrogen (secondary N) is 1. The first-order valence-electron chi connectivity index (χ1n) is 6.27. The first-order valence-corrected chi connectivity index (χ1v) is 6.27. The van der Waals surface area contributed by atoms with Crippen LogP contribution in [0, 0.1) is 11.8 Å². The number of nitrogens with two attached hydrogens (primary N) is 1. The monoisotopic (exact) mass is 298 g/mol. The zero-order valence-electron chi connectivity index (χ0n) is 11.2. The summed E-state index contributed by atoms with van der Waals surface area (Å²) < 4.78 is 45.2. The van der Waals surface area contributed by atoms with E-state index in [1.165, 1.54) is 12.1 Å². The maximum absolute atomic E-state index is 13.6. The second-order valence-corrected chi connectivity index (χ2v) is 4.55. The number of anilines is 2. The number of alkyl halides is 3.